The number of carbonyl (C=O) groups excluding carboxylic acids is 1. The van der Waals surface area contributed by atoms with Gasteiger partial charge in [-0.3, -0.25) is 9.59 Å². The Morgan fingerprint density at radius 3 is 2.85 bits per heavy atom. The fourth-order valence-corrected chi connectivity index (χ4v) is 1.52. The molecule has 0 amide bonds. The van der Waals surface area contributed by atoms with E-state index in [1.165, 1.54) is 6.08 Å². The van der Waals surface area contributed by atoms with Crippen molar-refractivity contribution in [2.24, 2.45) is 0 Å². The Morgan fingerprint density at radius 2 is 2.38 bits per heavy atom. The summed E-state index contributed by atoms with van der Waals surface area (Å²) < 4.78 is 5.31. The van der Waals surface area contributed by atoms with Crippen LogP contribution in [0.4, 0.5) is 0 Å². The average Bonchev–Trinajstić information content (AvgIpc) is 1.77. The smallest absolute Gasteiger partial charge is 0.307 e. The fraction of sp³-hybridized carbons (Fsp3) is 0.556. The summed E-state index contributed by atoms with van der Waals surface area (Å²) in [6.07, 6.45) is 1.38. The molecule has 0 aromatic rings. The van der Waals surface area contributed by atoms with Crippen LogP contribution in [0.3, 0.4) is 0 Å². The van der Waals surface area contributed by atoms with Crippen LogP contribution >= 0.6 is 0 Å². The highest BCUT2D eigenvalue weighted by molar-refractivity contribution is 5.92. The molecule has 1 rings (SSSR count). The van der Waals surface area contributed by atoms with Crippen molar-refractivity contribution in [2.45, 2.75) is 32.3 Å². The minimum atomic E-state index is -0.954. The van der Waals surface area contributed by atoms with Crippen molar-refractivity contribution < 1.29 is 19.4 Å². The lowest BCUT2D eigenvalue weighted by Crippen LogP contribution is -2.36. The molecule has 0 saturated carbocycles. The van der Waals surface area contributed by atoms with Crippen molar-refractivity contribution in [1.29, 1.82) is 0 Å². The highest BCUT2D eigenvalue weighted by Crippen LogP contribution is 2.28. The molecule has 1 heterocycles. The third-order valence-electron chi connectivity index (χ3n) is 1.84. The molecule has 1 N–H and O–H groups in total. The quantitative estimate of drug-likeness (QED) is 0.698. The number of carbonyl (C=O) groups is 2. The summed E-state index contributed by atoms with van der Waals surface area (Å²) in [6, 6.07) is 0. The number of aliphatic carboxylic acids is 1. The van der Waals surface area contributed by atoms with E-state index in [9.17, 15) is 9.59 Å². The van der Waals surface area contributed by atoms with E-state index in [1.54, 1.807) is 13.8 Å². The molecule has 1 unspecified atom stereocenters. The summed E-state index contributed by atoms with van der Waals surface area (Å²) in [4.78, 5) is 21.6. The molecule has 0 aromatic heterocycles. The molecule has 0 fully saturated rings. The number of ketones is 1. The van der Waals surface area contributed by atoms with Gasteiger partial charge in [0.05, 0.1) is 18.6 Å². The van der Waals surface area contributed by atoms with Crippen LogP contribution < -0.4 is 0 Å². The largest absolute Gasteiger partial charge is 0.491 e. The van der Waals surface area contributed by atoms with Gasteiger partial charge >= 0.3 is 5.97 Å². The van der Waals surface area contributed by atoms with Crippen LogP contribution in [0.5, 0.6) is 0 Å². The monoisotopic (exact) mass is 184 g/mol. The first-order valence-electron chi connectivity index (χ1n) is 4.03. The molecule has 0 aromatic carbocycles. The van der Waals surface area contributed by atoms with Gasteiger partial charge in [-0.1, -0.05) is 0 Å². The van der Waals surface area contributed by atoms with E-state index >= 15 is 0 Å². The van der Waals surface area contributed by atoms with E-state index in [1.807, 2.05) is 0 Å². The summed E-state index contributed by atoms with van der Waals surface area (Å²) >= 11 is 0. The lowest BCUT2D eigenvalue weighted by Gasteiger charge is -2.31. The van der Waals surface area contributed by atoms with Crippen LogP contribution in [0.2, 0.25) is 0 Å². The number of allylic oxidation sites excluding steroid dienone is 2. The van der Waals surface area contributed by atoms with Crippen LogP contribution in [0, 0.1) is 0 Å². The van der Waals surface area contributed by atoms with E-state index in [2.05, 4.69) is 0 Å². The van der Waals surface area contributed by atoms with E-state index < -0.39 is 11.6 Å². The zero-order chi connectivity index (χ0) is 10.1. The molecule has 0 bridgehead atoms. The topological polar surface area (TPSA) is 63.6 Å². The summed E-state index contributed by atoms with van der Waals surface area (Å²) in [7, 11) is 0. The second-order valence-electron chi connectivity index (χ2n) is 3.52. The van der Waals surface area contributed by atoms with Crippen LogP contribution in [0.1, 0.15) is 26.7 Å². The van der Waals surface area contributed by atoms with E-state index in [-0.39, 0.29) is 18.6 Å². The van der Waals surface area contributed by atoms with Gasteiger partial charge in [0, 0.05) is 6.08 Å². The van der Waals surface area contributed by atoms with Crippen molar-refractivity contribution in [3.8, 4) is 0 Å². The number of hydrogen-bond donors (Lipinski definition) is 1. The number of rotatable bonds is 2. The standard InChI is InChI=1S/C9H12O4/c1-6-3-7(10)4-9(2,13-6)5-8(11)12/h3H,4-5H2,1-2H3,(H,11,12). The highest BCUT2D eigenvalue weighted by Gasteiger charge is 2.34. The van der Waals surface area contributed by atoms with Crippen molar-refractivity contribution in [1.82, 2.24) is 0 Å². The van der Waals surface area contributed by atoms with Gasteiger partial charge < -0.3 is 9.84 Å². The van der Waals surface area contributed by atoms with Gasteiger partial charge in [0.15, 0.2) is 5.78 Å². The van der Waals surface area contributed by atoms with Crippen LogP contribution in [0.15, 0.2) is 11.8 Å². The van der Waals surface area contributed by atoms with Gasteiger partial charge in [0.2, 0.25) is 0 Å². The Balaban J connectivity index is 2.77. The van der Waals surface area contributed by atoms with Gasteiger partial charge in [-0.15, -0.1) is 0 Å². The maximum Gasteiger partial charge on any atom is 0.307 e. The molecule has 4 nitrogen and oxygen atoms in total. The second-order valence-corrected chi connectivity index (χ2v) is 3.52. The lowest BCUT2D eigenvalue weighted by molar-refractivity contribution is -0.144. The lowest BCUT2D eigenvalue weighted by atomic mass is 9.93. The number of hydrogen-bond acceptors (Lipinski definition) is 3. The molecule has 0 radical (unpaired) electrons. The van der Waals surface area contributed by atoms with Crippen molar-refractivity contribution in [3.63, 3.8) is 0 Å². The summed E-state index contributed by atoms with van der Waals surface area (Å²) in [5, 5.41) is 8.59. The molecule has 0 spiro atoms. The molecule has 1 atom stereocenters. The molecule has 13 heavy (non-hydrogen) atoms. The normalized spacial score (nSPS) is 27.8. The summed E-state index contributed by atoms with van der Waals surface area (Å²) in [5.74, 6) is -0.544. The Bertz CT molecular complexity index is 279. The average molecular weight is 184 g/mol. The van der Waals surface area contributed by atoms with Gasteiger partial charge in [0.1, 0.15) is 5.60 Å². The fourth-order valence-electron chi connectivity index (χ4n) is 1.52. The maximum absolute atomic E-state index is 11.1. The van der Waals surface area contributed by atoms with Crippen LogP contribution in [-0.2, 0) is 14.3 Å². The van der Waals surface area contributed by atoms with E-state index in [0.29, 0.717) is 5.76 Å². The molecular formula is C9H12O4. The summed E-state index contributed by atoms with van der Waals surface area (Å²) in [5.41, 5.74) is -0.873. The molecule has 0 saturated heterocycles. The first kappa shape index (κ1) is 9.77. The molecule has 1 aliphatic rings. The first-order chi connectivity index (χ1) is 5.91. The van der Waals surface area contributed by atoms with Crippen LogP contribution in [-0.4, -0.2) is 22.5 Å². The van der Waals surface area contributed by atoms with Crippen molar-refractivity contribution in [3.05, 3.63) is 11.8 Å². The van der Waals surface area contributed by atoms with Crippen molar-refractivity contribution in [2.75, 3.05) is 0 Å². The van der Waals surface area contributed by atoms with Crippen LogP contribution in [0.25, 0.3) is 0 Å². The Hall–Kier alpha value is -1.32. The Morgan fingerprint density at radius 1 is 1.77 bits per heavy atom. The predicted octanol–water partition coefficient (Wildman–Crippen LogP) is 1.11. The number of carboxylic acids is 1. The molecular weight excluding hydrogens is 172 g/mol. The van der Waals surface area contributed by atoms with Crippen molar-refractivity contribution >= 4 is 11.8 Å². The minimum Gasteiger partial charge on any atom is -0.491 e. The molecule has 4 heteroatoms. The van der Waals surface area contributed by atoms with Gasteiger partial charge in [-0.2, -0.15) is 0 Å². The number of carboxylic acid groups (broad SMARTS) is 1. The summed E-state index contributed by atoms with van der Waals surface area (Å²) in [6.45, 7) is 3.28. The van der Waals surface area contributed by atoms with E-state index in [4.69, 9.17) is 9.84 Å². The SMILES string of the molecule is CC1=CC(=O)CC(C)(CC(=O)O)O1. The first-order valence-corrected chi connectivity index (χ1v) is 4.03. The predicted molar refractivity (Wildman–Crippen MR) is 45.1 cm³/mol. The molecule has 72 valence electrons. The highest BCUT2D eigenvalue weighted by atomic mass is 16.5. The van der Waals surface area contributed by atoms with Gasteiger partial charge in [-0.25, -0.2) is 0 Å². The molecule has 0 aliphatic carbocycles. The maximum atomic E-state index is 11.1. The zero-order valence-electron chi connectivity index (χ0n) is 7.66. The Labute approximate surface area is 76.2 Å². The molecule has 1 aliphatic heterocycles. The third-order valence-corrected chi connectivity index (χ3v) is 1.84. The second kappa shape index (κ2) is 3.20. The minimum absolute atomic E-state index is 0.0764. The Kier molecular flexibility index (Phi) is 2.40. The van der Waals surface area contributed by atoms with Gasteiger partial charge in [-0.05, 0) is 13.8 Å². The van der Waals surface area contributed by atoms with Gasteiger partial charge in [0.25, 0.3) is 0 Å². The zero-order valence-corrected chi connectivity index (χ0v) is 7.66. The number of ether oxygens (including phenoxy) is 1. The third kappa shape index (κ3) is 2.57. The van der Waals surface area contributed by atoms with E-state index in [0.717, 1.165) is 0 Å².